The van der Waals surface area contributed by atoms with Crippen LogP contribution in [0.25, 0.3) is 0 Å². The first-order valence-corrected chi connectivity index (χ1v) is 14.4. The van der Waals surface area contributed by atoms with Crippen molar-refractivity contribution < 1.29 is 33.8 Å². The molecule has 0 fully saturated rings. The number of ketones is 2. The zero-order valence-electron chi connectivity index (χ0n) is 25.9. The average molecular weight is 584 g/mol. The molecule has 4 N–H and O–H groups in total. The highest BCUT2D eigenvalue weighted by molar-refractivity contribution is 6.20. The van der Waals surface area contributed by atoms with Gasteiger partial charge < -0.3 is 30.5 Å². The van der Waals surface area contributed by atoms with Gasteiger partial charge in [0.25, 0.3) is 0 Å². The van der Waals surface area contributed by atoms with E-state index in [0.29, 0.717) is 12.0 Å². The molecule has 3 atom stereocenters. The number of hydrogen-bond acceptors (Lipinski definition) is 9. The quantitative estimate of drug-likeness (QED) is 0.289. The molecule has 2 heterocycles. The van der Waals surface area contributed by atoms with Gasteiger partial charge in [-0.25, -0.2) is 9.59 Å². The number of carbonyl (C=O) groups is 4. The van der Waals surface area contributed by atoms with E-state index in [1.807, 2.05) is 33.8 Å². The summed E-state index contributed by atoms with van der Waals surface area (Å²) in [6.45, 7) is 12.4. The Hall–Kier alpha value is -3.66. The lowest BCUT2D eigenvalue weighted by Crippen LogP contribution is -2.62. The third-order valence-electron chi connectivity index (χ3n) is 7.83. The number of alkyl carbamates (subject to hydrolysis) is 1. The van der Waals surface area contributed by atoms with E-state index >= 15 is 0 Å². The summed E-state index contributed by atoms with van der Waals surface area (Å²) in [6.07, 6.45) is 2.57. The summed E-state index contributed by atoms with van der Waals surface area (Å²) >= 11 is 0. The molecule has 3 rings (SSSR count). The minimum Gasteiger partial charge on any atom is -0.467 e. The number of amides is 1. The van der Waals surface area contributed by atoms with Gasteiger partial charge in [-0.1, -0.05) is 58.0 Å². The first kappa shape index (κ1) is 32.8. The molecule has 0 bridgehead atoms. The molecule has 1 amide bonds. The fraction of sp³-hybridized carbons (Fsp3) is 0.562. The van der Waals surface area contributed by atoms with Gasteiger partial charge in [-0.15, -0.1) is 0 Å². The normalized spacial score (nSPS) is 23.6. The Morgan fingerprint density at radius 1 is 1.00 bits per heavy atom. The molecule has 0 saturated heterocycles. The lowest BCUT2D eigenvalue weighted by Gasteiger charge is -2.38. The third-order valence-corrected chi connectivity index (χ3v) is 7.83. The summed E-state index contributed by atoms with van der Waals surface area (Å²) in [6, 6.07) is 8.95. The van der Waals surface area contributed by atoms with Gasteiger partial charge in [0.05, 0.1) is 12.7 Å². The molecule has 2 aliphatic rings. The largest absolute Gasteiger partial charge is 0.467 e. The number of rotatable bonds is 11. The number of aliphatic hydroxyl groups is 1. The number of carbonyl (C=O) groups excluding carboxylic acids is 4. The van der Waals surface area contributed by atoms with Crippen molar-refractivity contribution in [2.45, 2.75) is 89.9 Å². The predicted octanol–water partition coefficient (Wildman–Crippen LogP) is 3.34. The van der Waals surface area contributed by atoms with Crippen molar-refractivity contribution >= 4 is 23.6 Å². The molecule has 2 aliphatic heterocycles. The maximum atomic E-state index is 14.7. The monoisotopic (exact) mass is 583 g/mol. The molecule has 10 heteroatoms. The molecular weight excluding hydrogens is 538 g/mol. The van der Waals surface area contributed by atoms with Gasteiger partial charge >= 0.3 is 12.1 Å². The summed E-state index contributed by atoms with van der Waals surface area (Å²) < 4.78 is 10.7. The van der Waals surface area contributed by atoms with Crippen LogP contribution in [0, 0.1) is 11.8 Å². The maximum Gasteiger partial charge on any atom is 0.408 e. The summed E-state index contributed by atoms with van der Waals surface area (Å²) in [4.78, 5) is 55.8. The number of esters is 1. The van der Waals surface area contributed by atoms with Crippen LogP contribution in [0.4, 0.5) is 4.79 Å². The lowest BCUT2D eigenvalue weighted by atomic mass is 9.69. The smallest absolute Gasteiger partial charge is 0.408 e. The van der Waals surface area contributed by atoms with Crippen molar-refractivity contribution in [1.29, 1.82) is 0 Å². The van der Waals surface area contributed by atoms with Crippen LogP contribution in [-0.2, 0) is 30.3 Å². The SMILES string of the molecule is COC(=O)[C@@](Cc1ccccc1)(NC(=O)OC(C)(C)C)C1=CN[C@](C2=CN[C@](CCO)(CC(C)C)C2=O)(C(C)C)C1=O. The molecular formula is C32H45N3O7. The molecule has 0 radical (unpaired) electrons. The minimum absolute atomic E-state index is 0.0602. The van der Waals surface area contributed by atoms with Crippen molar-refractivity contribution in [2.24, 2.45) is 11.8 Å². The van der Waals surface area contributed by atoms with Crippen LogP contribution in [-0.4, -0.2) is 64.7 Å². The summed E-state index contributed by atoms with van der Waals surface area (Å²) in [7, 11) is 1.18. The van der Waals surface area contributed by atoms with Gasteiger partial charge in [-0.05, 0) is 44.6 Å². The van der Waals surface area contributed by atoms with Crippen LogP contribution in [0.15, 0.2) is 53.9 Å². The molecule has 1 aromatic rings. The standard InChI is InChI=1S/C32H45N3O7/c1-20(2)16-30(14-15-36)25(37)24(19-33-30)32(21(3)4)26(38)23(18-34-32)31(27(39)41-8,17-22-12-10-9-11-13-22)35-28(40)42-29(5,6)7/h9-13,18-21,33-34,36H,14-17H2,1-8H3,(H,35,40)/t30-,31+,32+/m1/s1. The van der Waals surface area contributed by atoms with Crippen molar-refractivity contribution in [2.75, 3.05) is 13.7 Å². The Morgan fingerprint density at radius 2 is 1.64 bits per heavy atom. The molecule has 1 aromatic carbocycles. The molecule has 10 nitrogen and oxygen atoms in total. The first-order chi connectivity index (χ1) is 19.6. The van der Waals surface area contributed by atoms with Crippen LogP contribution in [0.2, 0.25) is 0 Å². The molecule has 0 spiro atoms. The Morgan fingerprint density at radius 3 is 2.17 bits per heavy atom. The van der Waals surface area contributed by atoms with Gasteiger partial charge in [0, 0.05) is 37.4 Å². The van der Waals surface area contributed by atoms with Crippen LogP contribution >= 0.6 is 0 Å². The first-order valence-electron chi connectivity index (χ1n) is 14.4. The Balaban J connectivity index is 2.15. The van der Waals surface area contributed by atoms with Gasteiger partial charge in [0.2, 0.25) is 0 Å². The van der Waals surface area contributed by atoms with E-state index in [1.165, 1.54) is 13.3 Å². The molecule has 42 heavy (non-hydrogen) atoms. The van der Waals surface area contributed by atoms with E-state index in [4.69, 9.17) is 9.47 Å². The van der Waals surface area contributed by atoms with E-state index in [1.54, 1.807) is 51.2 Å². The average Bonchev–Trinajstić information content (AvgIpc) is 3.40. The Kier molecular flexibility index (Phi) is 9.61. The van der Waals surface area contributed by atoms with Crippen LogP contribution in [0.1, 0.15) is 66.9 Å². The maximum absolute atomic E-state index is 14.7. The van der Waals surface area contributed by atoms with Crippen molar-refractivity contribution in [3.63, 3.8) is 0 Å². The Bertz CT molecular complexity index is 1260. The van der Waals surface area contributed by atoms with E-state index in [-0.39, 0.29) is 42.3 Å². The fourth-order valence-electron chi connectivity index (χ4n) is 6.00. The zero-order valence-corrected chi connectivity index (χ0v) is 25.9. The summed E-state index contributed by atoms with van der Waals surface area (Å²) in [5, 5.41) is 18.9. The van der Waals surface area contributed by atoms with Gasteiger partial charge in [-0.3, -0.25) is 9.59 Å². The number of benzene rings is 1. The van der Waals surface area contributed by atoms with Crippen LogP contribution in [0.3, 0.4) is 0 Å². The molecule has 0 aromatic heterocycles. The fourth-order valence-corrected chi connectivity index (χ4v) is 6.00. The minimum atomic E-state index is -1.98. The van der Waals surface area contributed by atoms with Crippen molar-refractivity contribution in [3.8, 4) is 0 Å². The highest BCUT2D eigenvalue weighted by Crippen LogP contribution is 2.43. The number of nitrogens with one attached hydrogen (secondary N) is 3. The van der Waals surface area contributed by atoms with Crippen LogP contribution < -0.4 is 16.0 Å². The summed E-state index contributed by atoms with van der Waals surface area (Å²) in [5.41, 5.74) is -4.66. The number of ether oxygens (including phenoxy) is 2. The van der Waals surface area contributed by atoms with Crippen molar-refractivity contribution in [3.05, 3.63) is 59.4 Å². The van der Waals surface area contributed by atoms with E-state index in [2.05, 4.69) is 16.0 Å². The number of Topliss-reactive ketones (excluding diaryl/α,β-unsaturated/α-hetero) is 2. The van der Waals surface area contributed by atoms with E-state index < -0.39 is 46.0 Å². The number of hydrogen-bond donors (Lipinski definition) is 4. The molecule has 0 aliphatic carbocycles. The van der Waals surface area contributed by atoms with Crippen molar-refractivity contribution in [1.82, 2.24) is 16.0 Å². The van der Waals surface area contributed by atoms with E-state index in [0.717, 1.165) is 0 Å². The molecule has 0 saturated carbocycles. The molecule has 230 valence electrons. The van der Waals surface area contributed by atoms with Gasteiger partial charge in [0.1, 0.15) is 16.7 Å². The topological polar surface area (TPSA) is 143 Å². The van der Waals surface area contributed by atoms with Gasteiger partial charge in [0.15, 0.2) is 17.1 Å². The zero-order chi connectivity index (χ0) is 31.5. The third kappa shape index (κ3) is 6.09. The lowest BCUT2D eigenvalue weighted by molar-refractivity contribution is -0.148. The number of aliphatic hydroxyl groups excluding tert-OH is 1. The number of methoxy groups -OCH3 is 1. The second kappa shape index (κ2) is 12.3. The van der Waals surface area contributed by atoms with Crippen LogP contribution in [0.5, 0.6) is 0 Å². The molecule has 0 unspecified atom stereocenters. The predicted molar refractivity (Wildman–Crippen MR) is 158 cm³/mol. The highest BCUT2D eigenvalue weighted by Gasteiger charge is 2.61. The highest BCUT2D eigenvalue weighted by atomic mass is 16.6. The second-order valence-electron chi connectivity index (χ2n) is 12.9. The summed E-state index contributed by atoms with van der Waals surface area (Å²) in [5.74, 6) is -2.01. The Labute approximate surface area is 248 Å². The second-order valence-corrected chi connectivity index (χ2v) is 12.9. The van der Waals surface area contributed by atoms with E-state index in [9.17, 15) is 24.3 Å². The van der Waals surface area contributed by atoms with Gasteiger partial charge in [-0.2, -0.15) is 0 Å².